The monoisotopic (exact) mass is 897 g/mol. The van der Waals surface area contributed by atoms with Crippen molar-refractivity contribution in [1.82, 2.24) is 15.6 Å². The molecule has 18 heteroatoms. The van der Waals surface area contributed by atoms with E-state index in [0.717, 1.165) is 0 Å². The van der Waals surface area contributed by atoms with Crippen molar-refractivity contribution in [2.75, 3.05) is 33.0 Å². The van der Waals surface area contributed by atoms with E-state index in [0.29, 0.717) is 0 Å². The molecule has 0 heterocycles. The molecular weight excluding hydrogens is 823 g/mol. The van der Waals surface area contributed by atoms with Crippen LogP contribution >= 0.6 is 0 Å². The predicted molar refractivity (Wildman–Crippen MR) is 236 cm³/mol. The third-order valence-corrected chi connectivity index (χ3v) is 11.3. The van der Waals surface area contributed by atoms with Crippen LogP contribution in [0.15, 0.2) is 0 Å². The summed E-state index contributed by atoms with van der Waals surface area (Å²) in [7, 11) is -1.64. The van der Waals surface area contributed by atoms with Gasteiger partial charge < -0.3 is 39.3 Å². The van der Waals surface area contributed by atoms with Crippen LogP contribution in [0.5, 0.6) is 0 Å². The quantitative estimate of drug-likeness (QED) is 0.0426. The Morgan fingerprint density at radius 2 is 0.951 bits per heavy atom. The molecular formula is C43H75N3O13Si2. The summed E-state index contributed by atoms with van der Waals surface area (Å²) in [6.45, 7) is 21.5. The van der Waals surface area contributed by atoms with E-state index < -0.39 is 86.3 Å². The third kappa shape index (κ3) is 28.8. The number of nitrogens with one attached hydrogen (secondary N) is 3. The number of ether oxygens (including phenoxy) is 5. The van der Waals surface area contributed by atoms with Gasteiger partial charge in [0.15, 0.2) is 0 Å². The molecule has 0 saturated carbocycles. The first-order valence-electron chi connectivity index (χ1n) is 21.7. The van der Waals surface area contributed by atoms with Crippen molar-refractivity contribution in [3.63, 3.8) is 0 Å². The zero-order valence-corrected chi connectivity index (χ0v) is 42.2. The van der Waals surface area contributed by atoms with Gasteiger partial charge in [-0.05, 0) is 48.9 Å². The molecule has 0 aromatic rings. The number of rotatable bonds is 29. The van der Waals surface area contributed by atoms with Crippen LogP contribution in [0.25, 0.3) is 0 Å². The molecule has 0 aromatic heterocycles. The molecule has 3 unspecified atom stereocenters. The molecule has 0 spiro atoms. The average Bonchev–Trinajstić information content (AvgIpc) is 3.18. The van der Waals surface area contributed by atoms with E-state index in [4.69, 9.17) is 23.7 Å². The largest absolute Gasteiger partial charge is 0.465 e. The molecule has 0 fully saturated rings. The number of hydrogen-bond acceptors (Lipinski definition) is 13. The van der Waals surface area contributed by atoms with Crippen molar-refractivity contribution in [2.45, 2.75) is 138 Å². The fraction of sp³-hybridized carbons (Fsp3) is 0.767. The van der Waals surface area contributed by atoms with Gasteiger partial charge in [-0.2, -0.15) is 0 Å². The molecule has 0 saturated heterocycles. The number of carbonyl (C=O) groups excluding carboxylic acids is 8. The summed E-state index contributed by atoms with van der Waals surface area (Å²) in [5, 5.41) is 5.53. The molecule has 3 amide bonds. The molecule has 348 valence electrons. The Balaban J connectivity index is 6.42. The van der Waals surface area contributed by atoms with Gasteiger partial charge in [-0.1, -0.05) is 88.0 Å². The molecule has 0 aliphatic rings. The maximum atomic E-state index is 14.1. The molecule has 0 radical (unpaired) electrons. The molecule has 16 nitrogen and oxygen atoms in total. The normalized spacial score (nSPS) is 13.8. The van der Waals surface area contributed by atoms with Gasteiger partial charge in [0.1, 0.15) is 28.1 Å². The van der Waals surface area contributed by atoms with Crippen molar-refractivity contribution < 1.29 is 62.0 Å². The van der Waals surface area contributed by atoms with Gasteiger partial charge in [-0.25, -0.2) is 0 Å². The smallest absolute Gasteiger partial charge is 0.317 e. The highest BCUT2D eigenvalue weighted by molar-refractivity contribution is 6.44. The van der Waals surface area contributed by atoms with Gasteiger partial charge in [0.2, 0.25) is 17.7 Å². The molecule has 0 aliphatic carbocycles. The molecule has 0 rings (SSSR count). The lowest BCUT2D eigenvalue weighted by molar-refractivity contribution is -0.147. The summed E-state index contributed by atoms with van der Waals surface area (Å²) in [4.78, 5) is 107. The average molecular weight is 898 g/mol. The van der Waals surface area contributed by atoms with E-state index in [1.165, 1.54) is 0 Å². The maximum absolute atomic E-state index is 14.1. The van der Waals surface area contributed by atoms with Gasteiger partial charge in [-0.3, -0.25) is 38.4 Å². The Morgan fingerprint density at radius 1 is 0.525 bits per heavy atom. The molecule has 61 heavy (non-hydrogen) atoms. The number of carbonyl (C=O) groups is 8. The van der Waals surface area contributed by atoms with Crippen molar-refractivity contribution >= 4 is 67.5 Å². The second-order valence-corrected chi connectivity index (χ2v) is 20.6. The van der Waals surface area contributed by atoms with Crippen LogP contribution in [0.2, 0.25) is 5.54 Å². The molecule has 5 atom stereocenters. The molecule has 0 aliphatic heterocycles. The van der Waals surface area contributed by atoms with Crippen molar-refractivity contribution in [3.8, 4) is 11.8 Å². The maximum Gasteiger partial charge on any atom is 0.317 e. The van der Waals surface area contributed by atoms with Crippen molar-refractivity contribution in [2.24, 2.45) is 41.4 Å². The first kappa shape index (κ1) is 56.8. The van der Waals surface area contributed by atoms with Crippen LogP contribution in [-0.2, 0) is 62.0 Å². The Kier molecular flexibility index (Phi) is 29.4. The van der Waals surface area contributed by atoms with Gasteiger partial charge in [-0.15, -0.1) is 0 Å². The molecule has 3 N–H and O–H groups in total. The predicted octanol–water partition coefficient (Wildman–Crippen LogP) is 2.25. The molecule has 0 aromatic carbocycles. The first-order chi connectivity index (χ1) is 28.5. The van der Waals surface area contributed by atoms with E-state index in [-0.39, 0.29) is 118 Å². The highest BCUT2D eigenvalue weighted by Crippen LogP contribution is 2.17. The number of esters is 5. The number of hydrogen-bond donors (Lipinski definition) is 3. The Hall–Kier alpha value is -4.25. The lowest BCUT2D eigenvalue weighted by Gasteiger charge is -2.25. The standard InChI is InChI=1S/C43H75N3O13Si2/c1-26(2)21-55-35(47)14-12-13-32(42(60)45-39(51)31(11)15-18-36(48)56-22-27(3)4)40(52)44-33(16-19-37(49)57-23-28(5)6)41(53)46-61-34(43(54)59-25-30(9)10)17-20-38(50)58-24-29(7)8/h26-34,42H,14-25,61H2,1-11,60H3,(H,44,52)(H,45,51)(H,46,53)/t31-,32?,33-,34?,42?/m0/s1. The van der Waals surface area contributed by atoms with Gasteiger partial charge in [0.25, 0.3) is 0 Å². The summed E-state index contributed by atoms with van der Waals surface area (Å²) in [5.41, 5.74) is -1.61. The summed E-state index contributed by atoms with van der Waals surface area (Å²) in [5.74, 6) is -0.355. The summed E-state index contributed by atoms with van der Waals surface area (Å²) in [6, 6.07) is -1.30. The zero-order valence-electron chi connectivity index (χ0n) is 38.8. The lowest BCUT2D eigenvalue weighted by atomic mass is 10.0. The minimum absolute atomic E-state index is 0.0214. The minimum Gasteiger partial charge on any atom is -0.465 e. The zero-order chi connectivity index (χ0) is 46.7. The van der Waals surface area contributed by atoms with E-state index in [1.807, 2.05) is 69.2 Å². The van der Waals surface area contributed by atoms with Gasteiger partial charge in [0, 0.05) is 41.1 Å². The SMILES string of the molecule is CC(C)COC(=O)CC#CC(C(=O)N[C@@H](CCC(=O)OCC(C)C)C(=O)N[SiH2]C(CCC(=O)OCC(C)C)C(=O)OCC(C)C)C([SiH3])NC(=O)[C@@H](C)CCC(=O)OCC(C)C. The van der Waals surface area contributed by atoms with Crippen LogP contribution < -0.4 is 15.6 Å². The van der Waals surface area contributed by atoms with Crippen molar-refractivity contribution in [1.29, 1.82) is 0 Å². The second-order valence-electron chi connectivity index (χ2n) is 17.6. The van der Waals surface area contributed by atoms with Crippen LogP contribution in [-0.4, -0.2) is 112 Å². The van der Waals surface area contributed by atoms with E-state index >= 15 is 0 Å². The first-order valence-corrected chi connectivity index (χ1v) is 24.4. The summed E-state index contributed by atoms with van der Waals surface area (Å²) < 4.78 is 26.5. The van der Waals surface area contributed by atoms with Gasteiger partial charge in [0.05, 0.1) is 38.6 Å². The third-order valence-electron chi connectivity index (χ3n) is 8.56. The number of amides is 3. The minimum atomic E-state index is -1.84. The van der Waals surface area contributed by atoms with Crippen LogP contribution in [0.3, 0.4) is 0 Å². The van der Waals surface area contributed by atoms with Crippen molar-refractivity contribution in [3.05, 3.63) is 0 Å². The highest BCUT2D eigenvalue weighted by Gasteiger charge is 2.32. The fourth-order valence-corrected chi connectivity index (χ4v) is 7.11. The van der Waals surface area contributed by atoms with E-state index in [2.05, 4.69) is 27.5 Å². The van der Waals surface area contributed by atoms with Crippen LogP contribution in [0, 0.1) is 53.3 Å². The topological polar surface area (TPSA) is 219 Å². The van der Waals surface area contributed by atoms with Gasteiger partial charge >= 0.3 is 29.8 Å². The fourth-order valence-electron chi connectivity index (χ4n) is 4.97. The lowest BCUT2D eigenvalue weighted by Crippen LogP contribution is -2.54. The van der Waals surface area contributed by atoms with Crippen LogP contribution in [0.4, 0.5) is 0 Å². The molecule has 0 bridgehead atoms. The Labute approximate surface area is 368 Å². The second kappa shape index (κ2) is 31.6. The Bertz CT molecular complexity index is 1480. The van der Waals surface area contributed by atoms with E-state index in [9.17, 15) is 38.4 Å². The summed E-state index contributed by atoms with van der Waals surface area (Å²) in [6.07, 6.45) is -0.502. The highest BCUT2D eigenvalue weighted by atomic mass is 28.2. The summed E-state index contributed by atoms with van der Waals surface area (Å²) >= 11 is 0. The Morgan fingerprint density at radius 3 is 1.43 bits per heavy atom. The van der Waals surface area contributed by atoms with E-state index in [1.54, 1.807) is 6.92 Å². The van der Waals surface area contributed by atoms with Crippen LogP contribution in [0.1, 0.15) is 121 Å².